The van der Waals surface area contributed by atoms with E-state index in [1.807, 2.05) is 18.6 Å². The van der Waals surface area contributed by atoms with Crippen molar-refractivity contribution in [2.24, 2.45) is 0 Å². The molecule has 0 aromatic carbocycles. The Bertz CT molecular complexity index is 266. The Hall–Kier alpha value is -1.31. The van der Waals surface area contributed by atoms with Gasteiger partial charge < -0.3 is 5.32 Å². The van der Waals surface area contributed by atoms with Gasteiger partial charge in [0, 0.05) is 24.9 Å². The highest BCUT2D eigenvalue weighted by molar-refractivity contribution is 5.21. The summed E-state index contributed by atoms with van der Waals surface area (Å²) in [4.78, 5) is 4.00. The Morgan fingerprint density at radius 2 is 2.17 bits per heavy atom. The molecule has 1 aliphatic heterocycles. The Kier molecular flexibility index (Phi) is 2.08. The van der Waals surface area contributed by atoms with E-state index in [-0.39, 0.29) is 0 Å². The lowest BCUT2D eigenvalue weighted by Crippen LogP contribution is -2.15. The van der Waals surface area contributed by atoms with E-state index in [9.17, 15) is 0 Å². The Morgan fingerprint density at radius 1 is 1.33 bits per heavy atom. The van der Waals surface area contributed by atoms with Crippen molar-refractivity contribution in [2.75, 3.05) is 6.54 Å². The maximum Gasteiger partial charge on any atom is 0.0270 e. The summed E-state index contributed by atoms with van der Waals surface area (Å²) in [5.74, 6) is 0.578. The molecule has 0 saturated heterocycles. The van der Waals surface area contributed by atoms with Gasteiger partial charge in [-0.25, -0.2) is 0 Å². The molecule has 2 rings (SSSR count). The highest BCUT2D eigenvalue weighted by Gasteiger charge is 2.09. The van der Waals surface area contributed by atoms with Crippen LogP contribution < -0.4 is 5.32 Å². The third kappa shape index (κ3) is 1.47. The van der Waals surface area contributed by atoms with Crippen molar-refractivity contribution in [3.05, 3.63) is 42.4 Å². The molecule has 0 saturated carbocycles. The number of aromatic nitrogens is 1. The molecule has 12 heavy (non-hydrogen) atoms. The Morgan fingerprint density at radius 3 is 2.83 bits per heavy atom. The summed E-state index contributed by atoms with van der Waals surface area (Å²) in [6, 6.07) is 4.17. The van der Waals surface area contributed by atoms with E-state index in [0.29, 0.717) is 5.92 Å². The molecule has 0 bridgehead atoms. The molecule has 2 heteroatoms. The van der Waals surface area contributed by atoms with Gasteiger partial charge in [0.15, 0.2) is 0 Å². The minimum Gasteiger partial charge on any atom is -0.391 e. The summed E-state index contributed by atoms with van der Waals surface area (Å²) in [6.07, 6.45) is 9.13. The van der Waals surface area contributed by atoms with Crippen LogP contribution in [0.3, 0.4) is 0 Å². The number of hydrogen-bond donors (Lipinski definition) is 1. The molecular formula is C10H12N2. The molecule has 0 aliphatic carbocycles. The molecule has 0 spiro atoms. The van der Waals surface area contributed by atoms with Crippen LogP contribution in [-0.4, -0.2) is 11.5 Å². The number of rotatable bonds is 1. The molecule has 0 amide bonds. The first-order chi connectivity index (χ1) is 5.97. The van der Waals surface area contributed by atoms with Gasteiger partial charge in [-0.1, -0.05) is 6.08 Å². The van der Waals surface area contributed by atoms with Gasteiger partial charge in [0.05, 0.1) is 0 Å². The van der Waals surface area contributed by atoms with E-state index in [1.165, 1.54) is 12.0 Å². The average Bonchev–Trinajstić information content (AvgIpc) is 2.21. The number of hydrogen-bond acceptors (Lipinski definition) is 2. The number of allylic oxidation sites excluding steroid dienone is 1. The molecule has 62 valence electrons. The van der Waals surface area contributed by atoms with Crippen LogP contribution in [0.2, 0.25) is 0 Å². The van der Waals surface area contributed by atoms with Gasteiger partial charge in [-0.2, -0.15) is 0 Å². The van der Waals surface area contributed by atoms with Gasteiger partial charge in [-0.3, -0.25) is 4.98 Å². The lowest BCUT2D eigenvalue weighted by Gasteiger charge is -2.17. The molecule has 1 unspecified atom stereocenters. The van der Waals surface area contributed by atoms with Crippen LogP contribution in [0, 0.1) is 0 Å². The predicted molar refractivity (Wildman–Crippen MR) is 48.7 cm³/mol. The molecule has 1 aromatic rings. The normalized spacial score (nSPS) is 21.8. The number of nitrogens with one attached hydrogen (secondary N) is 1. The second-order valence-electron chi connectivity index (χ2n) is 2.99. The summed E-state index contributed by atoms with van der Waals surface area (Å²) < 4.78 is 0. The van der Waals surface area contributed by atoms with Crippen molar-refractivity contribution in [1.29, 1.82) is 0 Å². The maximum absolute atomic E-state index is 4.00. The topological polar surface area (TPSA) is 24.9 Å². The fourth-order valence-corrected chi connectivity index (χ4v) is 1.49. The van der Waals surface area contributed by atoms with Crippen LogP contribution in [0.1, 0.15) is 17.9 Å². The van der Waals surface area contributed by atoms with E-state index >= 15 is 0 Å². The van der Waals surface area contributed by atoms with Crippen LogP contribution >= 0.6 is 0 Å². The first-order valence-corrected chi connectivity index (χ1v) is 4.27. The maximum atomic E-state index is 4.00. The highest BCUT2D eigenvalue weighted by Crippen LogP contribution is 2.21. The lowest BCUT2D eigenvalue weighted by atomic mass is 9.95. The molecule has 1 aliphatic rings. The summed E-state index contributed by atoms with van der Waals surface area (Å²) >= 11 is 0. The van der Waals surface area contributed by atoms with Crippen LogP contribution in [0.4, 0.5) is 0 Å². The van der Waals surface area contributed by atoms with Crippen LogP contribution in [0.25, 0.3) is 0 Å². The van der Waals surface area contributed by atoms with E-state index in [1.54, 1.807) is 0 Å². The second kappa shape index (κ2) is 3.39. The third-order valence-corrected chi connectivity index (χ3v) is 2.18. The molecule has 1 atom stereocenters. The molecule has 0 radical (unpaired) electrons. The zero-order valence-corrected chi connectivity index (χ0v) is 6.90. The number of pyridine rings is 1. The quantitative estimate of drug-likeness (QED) is 0.676. The van der Waals surface area contributed by atoms with Crippen LogP contribution in [-0.2, 0) is 0 Å². The monoisotopic (exact) mass is 160 g/mol. The number of nitrogens with zero attached hydrogens (tertiary/aromatic N) is 1. The fourth-order valence-electron chi connectivity index (χ4n) is 1.49. The minimum atomic E-state index is 0.578. The SMILES string of the molecule is C1=CC(c2ccncc2)CCN1. The zero-order chi connectivity index (χ0) is 8.23. The molecule has 0 fully saturated rings. The standard InChI is InChI=1S/C10H12N2/c1-5-11-6-2-9(1)10-3-7-12-8-4-10/h1-3,5-7,10,12H,4,8H2. The summed E-state index contributed by atoms with van der Waals surface area (Å²) in [5, 5.41) is 3.19. The van der Waals surface area contributed by atoms with Gasteiger partial charge in [-0.15, -0.1) is 0 Å². The molecule has 2 nitrogen and oxygen atoms in total. The van der Waals surface area contributed by atoms with Gasteiger partial charge in [0.25, 0.3) is 0 Å². The fraction of sp³-hybridized carbons (Fsp3) is 0.300. The van der Waals surface area contributed by atoms with E-state index in [2.05, 4.69) is 28.5 Å². The van der Waals surface area contributed by atoms with Crippen molar-refractivity contribution in [2.45, 2.75) is 12.3 Å². The molecular weight excluding hydrogens is 148 g/mol. The summed E-state index contributed by atoms with van der Waals surface area (Å²) in [7, 11) is 0. The third-order valence-electron chi connectivity index (χ3n) is 2.18. The van der Waals surface area contributed by atoms with Crippen molar-refractivity contribution in [3.63, 3.8) is 0 Å². The smallest absolute Gasteiger partial charge is 0.0270 e. The summed E-state index contributed by atoms with van der Waals surface area (Å²) in [5.41, 5.74) is 1.36. The average molecular weight is 160 g/mol. The van der Waals surface area contributed by atoms with Crippen molar-refractivity contribution in [3.8, 4) is 0 Å². The first kappa shape index (κ1) is 7.35. The minimum absolute atomic E-state index is 0.578. The predicted octanol–water partition coefficient (Wildman–Crippen LogP) is 1.67. The van der Waals surface area contributed by atoms with E-state index in [0.717, 1.165) is 6.54 Å². The van der Waals surface area contributed by atoms with Gasteiger partial charge in [0.1, 0.15) is 0 Å². The van der Waals surface area contributed by atoms with Crippen molar-refractivity contribution < 1.29 is 0 Å². The first-order valence-electron chi connectivity index (χ1n) is 4.27. The van der Waals surface area contributed by atoms with E-state index in [4.69, 9.17) is 0 Å². The lowest BCUT2D eigenvalue weighted by molar-refractivity contribution is 0.657. The van der Waals surface area contributed by atoms with Crippen molar-refractivity contribution in [1.82, 2.24) is 10.3 Å². The van der Waals surface area contributed by atoms with Gasteiger partial charge in [0.2, 0.25) is 0 Å². The van der Waals surface area contributed by atoms with Gasteiger partial charge >= 0.3 is 0 Å². The molecule has 2 heterocycles. The van der Waals surface area contributed by atoms with Crippen LogP contribution in [0.15, 0.2) is 36.8 Å². The molecule has 1 aromatic heterocycles. The van der Waals surface area contributed by atoms with E-state index < -0.39 is 0 Å². The van der Waals surface area contributed by atoms with Crippen molar-refractivity contribution >= 4 is 0 Å². The Labute approximate surface area is 72.3 Å². The highest BCUT2D eigenvalue weighted by atomic mass is 14.8. The van der Waals surface area contributed by atoms with Gasteiger partial charge in [-0.05, 0) is 30.3 Å². The second-order valence-corrected chi connectivity index (χ2v) is 2.99. The Balaban J connectivity index is 2.19. The molecule has 1 N–H and O–H groups in total. The summed E-state index contributed by atoms with van der Waals surface area (Å²) in [6.45, 7) is 1.07. The largest absolute Gasteiger partial charge is 0.391 e. The van der Waals surface area contributed by atoms with Crippen LogP contribution in [0.5, 0.6) is 0 Å². The zero-order valence-electron chi connectivity index (χ0n) is 6.90.